The average molecular weight is 433 g/mol. The molecule has 8 heteroatoms. The predicted molar refractivity (Wildman–Crippen MR) is 121 cm³/mol. The summed E-state index contributed by atoms with van der Waals surface area (Å²) < 4.78 is 11.3. The highest BCUT2D eigenvalue weighted by Gasteiger charge is 2.25. The number of benzene rings is 2. The van der Waals surface area contributed by atoms with Crippen LogP contribution in [0.25, 0.3) is 22.6 Å². The molecular formula is C24H23N3O5. The number of nitrogens with one attached hydrogen (secondary N) is 2. The summed E-state index contributed by atoms with van der Waals surface area (Å²) >= 11 is 0. The highest BCUT2D eigenvalue weighted by Crippen LogP contribution is 2.34. The number of carboxylic acid groups (broad SMARTS) is 1. The Labute approximate surface area is 184 Å². The van der Waals surface area contributed by atoms with E-state index in [2.05, 4.69) is 15.2 Å². The second-order valence-corrected chi connectivity index (χ2v) is 7.85. The molecule has 1 aromatic heterocycles. The van der Waals surface area contributed by atoms with Crippen molar-refractivity contribution in [2.75, 3.05) is 44.8 Å². The quantitative estimate of drug-likeness (QED) is 0.516. The Hall–Kier alpha value is -3.62. The lowest BCUT2D eigenvalue weighted by Crippen LogP contribution is -2.38. The minimum absolute atomic E-state index is 0.140. The van der Waals surface area contributed by atoms with E-state index < -0.39 is 5.97 Å². The molecule has 1 fully saturated rings. The number of ether oxygens (including phenoxy) is 2. The zero-order valence-electron chi connectivity index (χ0n) is 17.4. The third-order valence-electron chi connectivity index (χ3n) is 5.74. The summed E-state index contributed by atoms with van der Waals surface area (Å²) in [5, 5.41) is 13.0. The average Bonchev–Trinajstić information content (AvgIpc) is 3.34. The SMILES string of the molecule is O=C1Nc2ccc(C(=O)O)cc2/C1=C\c1cc2cc(OCCN3CCOCC3)ccc2[nH]1. The zero-order chi connectivity index (χ0) is 22.1. The van der Waals surface area contributed by atoms with E-state index >= 15 is 0 Å². The Balaban J connectivity index is 1.34. The van der Waals surface area contributed by atoms with Gasteiger partial charge in [-0.3, -0.25) is 9.69 Å². The lowest BCUT2D eigenvalue weighted by molar-refractivity contribution is -0.110. The monoisotopic (exact) mass is 433 g/mol. The molecule has 8 nitrogen and oxygen atoms in total. The highest BCUT2D eigenvalue weighted by molar-refractivity contribution is 6.35. The molecule has 32 heavy (non-hydrogen) atoms. The van der Waals surface area contributed by atoms with Crippen LogP contribution in [0.1, 0.15) is 21.6 Å². The number of hydrogen-bond acceptors (Lipinski definition) is 5. The molecule has 5 rings (SSSR count). The molecule has 3 N–H and O–H groups in total. The minimum Gasteiger partial charge on any atom is -0.492 e. The van der Waals surface area contributed by atoms with Crippen molar-refractivity contribution >= 4 is 40.1 Å². The minimum atomic E-state index is -1.03. The summed E-state index contributed by atoms with van der Waals surface area (Å²) in [5.41, 5.74) is 3.44. The maximum absolute atomic E-state index is 12.5. The van der Waals surface area contributed by atoms with Gasteiger partial charge in [-0.25, -0.2) is 4.79 Å². The Morgan fingerprint density at radius 2 is 2.00 bits per heavy atom. The smallest absolute Gasteiger partial charge is 0.335 e. The number of anilines is 1. The molecule has 2 aliphatic rings. The molecule has 0 saturated carbocycles. The number of carbonyl (C=O) groups excluding carboxylic acids is 1. The summed E-state index contributed by atoms with van der Waals surface area (Å²) in [6, 6.07) is 12.4. The van der Waals surface area contributed by atoms with Gasteiger partial charge in [0.25, 0.3) is 5.91 Å². The fraction of sp³-hybridized carbons (Fsp3) is 0.250. The first-order valence-electron chi connectivity index (χ1n) is 10.5. The number of hydrogen-bond donors (Lipinski definition) is 3. The number of carboxylic acids is 1. The molecule has 2 aromatic carbocycles. The fourth-order valence-electron chi connectivity index (χ4n) is 4.04. The predicted octanol–water partition coefficient (Wildman–Crippen LogP) is 3.07. The molecule has 164 valence electrons. The van der Waals surface area contributed by atoms with E-state index in [9.17, 15) is 14.7 Å². The number of rotatable bonds is 6. The molecule has 0 unspecified atom stereocenters. The number of aromatic carboxylic acids is 1. The van der Waals surface area contributed by atoms with Crippen molar-refractivity contribution in [2.45, 2.75) is 0 Å². The van der Waals surface area contributed by atoms with Gasteiger partial charge in [0.1, 0.15) is 12.4 Å². The van der Waals surface area contributed by atoms with E-state index in [4.69, 9.17) is 9.47 Å². The first-order chi connectivity index (χ1) is 15.6. The van der Waals surface area contributed by atoms with Gasteiger partial charge < -0.3 is 24.9 Å². The van der Waals surface area contributed by atoms with Crippen molar-refractivity contribution in [1.29, 1.82) is 0 Å². The van der Waals surface area contributed by atoms with Gasteiger partial charge in [-0.15, -0.1) is 0 Å². The van der Waals surface area contributed by atoms with Crippen molar-refractivity contribution in [3.63, 3.8) is 0 Å². The van der Waals surface area contributed by atoms with Gasteiger partial charge in [0.05, 0.1) is 24.4 Å². The van der Waals surface area contributed by atoms with Crippen molar-refractivity contribution < 1.29 is 24.2 Å². The number of nitrogens with zero attached hydrogens (tertiary/aromatic N) is 1. The van der Waals surface area contributed by atoms with Crippen LogP contribution in [0.5, 0.6) is 5.75 Å². The molecule has 0 aliphatic carbocycles. The van der Waals surface area contributed by atoms with Crippen LogP contribution in [0.2, 0.25) is 0 Å². The normalized spacial score (nSPS) is 17.5. The highest BCUT2D eigenvalue weighted by atomic mass is 16.5. The molecule has 2 aliphatic heterocycles. The van der Waals surface area contributed by atoms with Crippen molar-refractivity contribution in [1.82, 2.24) is 9.88 Å². The van der Waals surface area contributed by atoms with Crippen molar-refractivity contribution in [2.24, 2.45) is 0 Å². The molecule has 0 spiro atoms. The van der Waals surface area contributed by atoms with Crippen LogP contribution < -0.4 is 10.1 Å². The third-order valence-corrected chi connectivity index (χ3v) is 5.74. The second kappa shape index (κ2) is 8.49. The molecule has 3 aromatic rings. The molecule has 1 amide bonds. The van der Waals surface area contributed by atoms with E-state index in [0.29, 0.717) is 23.4 Å². The molecule has 0 radical (unpaired) electrons. The van der Waals surface area contributed by atoms with Crippen LogP contribution in [-0.2, 0) is 9.53 Å². The van der Waals surface area contributed by atoms with Gasteiger partial charge in [-0.05, 0) is 48.5 Å². The largest absolute Gasteiger partial charge is 0.492 e. The molecule has 1 saturated heterocycles. The number of H-pyrrole nitrogens is 1. The van der Waals surface area contributed by atoms with E-state index in [-0.39, 0.29) is 11.5 Å². The van der Waals surface area contributed by atoms with Crippen molar-refractivity contribution in [3.8, 4) is 5.75 Å². The number of amides is 1. The van der Waals surface area contributed by atoms with E-state index in [1.54, 1.807) is 12.1 Å². The summed E-state index contributed by atoms with van der Waals surface area (Å²) in [6.07, 6.45) is 1.74. The topological polar surface area (TPSA) is 104 Å². The molecule has 3 heterocycles. The van der Waals surface area contributed by atoms with Crippen LogP contribution in [0.15, 0.2) is 42.5 Å². The zero-order valence-corrected chi connectivity index (χ0v) is 17.4. The maximum Gasteiger partial charge on any atom is 0.335 e. The van der Waals surface area contributed by atoms with Crippen LogP contribution >= 0.6 is 0 Å². The lowest BCUT2D eigenvalue weighted by atomic mass is 10.0. The summed E-state index contributed by atoms with van der Waals surface area (Å²) in [5.74, 6) is -0.495. The number of carbonyl (C=O) groups is 2. The van der Waals surface area contributed by atoms with E-state index in [0.717, 1.165) is 55.2 Å². The van der Waals surface area contributed by atoms with Gasteiger partial charge in [-0.1, -0.05) is 0 Å². The number of morpholine rings is 1. The summed E-state index contributed by atoms with van der Waals surface area (Å²) in [7, 11) is 0. The van der Waals surface area contributed by atoms with Gasteiger partial charge >= 0.3 is 5.97 Å². The number of fused-ring (bicyclic) bond motifs is 2. The Bertz CT molecular complexity index is 1220. The van der Waals surface area contributed by atoms with Gasteiger partial charge in [0.15, 0.2) is 0 Å². The van der Waals surface area contributed by atoms with Gasteiger partial charge in [0.2, 0.25) is 0 Å². The second-order valence-electron chi connectivity index (χ2n) is 7.85. The molecular weight excluding hydrogens is 410 g/mol. The first kappa shape index (κ1) is 20.3. The van der Waals surface area contributed by atoms with Crippen LogP contribution in [-0.4, -0.2) is 66.3 Å². The van der Waals surface area contributed by atoms with Crippen molar-refractivity contribution in [3.05, 3.63) is 59.3 Å². The van der Waals surface area contributed by atoms with E-state index in [1.807, 2.05) is 24.3 Å². The van der Waals surface area contributed by atoms with Gasteiger partial charge in [-0.2, -0.15) is 0 Å². The summed E-state index contributed by atoms with van der Waals surface area (Å²) in [4.78, 5) is 29.4. The Morgan fingerprint density at radius 1 is 1.16 bits per heavy atom. The standard InChI is InChI=1S/C24H23N3O5/c28-23-20(19-13-15(24(29)30)1-3-22(19)26-23)14-17-11-16-12-18(2-4-21(16)25-17)32-10-7-27-5-8-31-9-6-27/h1-4,11-14,25H,5-10H2,(H,26,28)(H,29,30)/b20-14+. The lowest BCUT2D eigenvalue weighted by Gasteiger charge is -2.26. The van der Waals surface area contributed by atoms with Gasteiger partial charge in [0, 0.05) is 47.5 Å². The first-order valence-corrected chi connectivity index (χ1v) is 10.5. The van der Waals surface area contributed by atoms with Crippen LogP contribution in [0.4, 0.5) is 5.69 Å². The maximum atomic E-state index is 12.5. The molecule has 0 bridgehead atoms. The fourth-order valence-corrected chi connectivity index (χ4v) is 4.04. The van der Waals surface area contributed by atoms with Crippen LogP contribution in [0, 0.1) is 0 Å². The Morgan fingerprint density at radius 3 is 2.81 bits per heavy atom. The molecule has 0 atom stereocenters. The number of aromatic amines is 1. The van der Waals surface area contributed by atoms with E-state index in [1.165, 1.54) is 12.1 Å². The summed E-state index contributed by atoms with van der Waals surface area (Å²) in [6.45, 7) is 4.88. The van der Waals surface area contributed by atoms with Crippen LogP contribution in [0.3, 0.4) is 0 Å². The third kappa shape index (κ3) is 4.10. The Kier molecular flexibility index (Phi) is 5.38. The number of aromatic nitrogens is 1.